The first-order valence-electron chi connectivity index (χ1n) is 7.84. The first-order chi connectivity index (χ1) is 10.8. The molecular weight excluding hydrogens is 280 g/mol. The molecule has 1 unspecified atom stereocenters. The molecule has 0 radical (unpaired) electrons. The Kier molecular flexibility index (Phi) is 5.16. The second-order valence-electron chi connectivity index (χ2n) is 5.78. The van der Waals surface area contributed by atoms with Crippen molar-refractivity contribution in [1.82, 2.24) is 19.8 Å². The Labute approximate surface area is 130 Å². The van der Waals surface area contributed by atoms with Crippen LogP contribution in [0.1, 0.15) is 12.1 Å². The second-order valence-corrected chi connectivity index (χ2v) is 5.78. The van der Waals surface area contributed by atoms with Crippen molar-refractivity contribution in [2.45, 2.75) is 12.5 Å². The number of morpholine rings is 1. The van der Waals surface area contributed by atoms with Gasteiger partial charge in [0.05, 0.1) is 25.6 Å². The largest absolute Gasteiger partial charge is 0.379 e. The first-order valence-corrected chi connectivity index (χ1v) is 7.84. The van der Waals surface area contributed by atoms with Gasteiger partial charge in [0.25, 0.3) is 0 Å². The molecule has 1 N–H and O–H groups in total. The molecule has 0 aliphatic carbocycles. The van der Waals surface area contributed by atoms with Crippen molar-refractivity contribution in [1.29, 1.82) is 5.26 Å². The van der Waals surface area contributed by atoms with E-state index in [0.717, 1.165) is 64.7 Å². The van der Waals surface area contributed by atoms with E-state index in [2.05, 4.69) is 25.1 Å². The Morgan fingerprint density at radius 1 is 1.18 bits per heavy atom. The molecule has 0 spiro atoms. The maximum absolute atomic E-state index is 8.72. The number of hydrogen-bond donors (Lipinski definition) is 1. The van der Waals surface area contributed by atoms with Gasteiger partial charge in [-0.1, -0.05) is 0 Å². The molecule has 3 rings (SSSR count). The molecule has 118 valence electrons. The van der Waals surface area contributed by atoms with Crippen LogP contribution in [0.2, 0.25) is 0 Å². The van der Waals surface area contributed by atoms with E-state index in [0.29, 0.717) is 11.7 Å². The Balaban J connectivity index is 1.40. The van der Waals surface area contributed by atoms with Crippen LogP contribution in [-0.2, 0) is 4.74 Å². The SMILES string of the molecule is N#Cc1cnc(NC2CCN(CCN3CCOCC3)C2)cn1. The quantitative estimate of drug-likeness (QED) is 0.830. The molecule has 3 heterocycles. The van der Waals surface area contributed by atoms with Crippen LogP contribution in [0.25, 0.3) is 0 Å². The summed E-state index contributed by atoms with van der Waals surface area (Å²) in [6.45, 7) is 8.21. The Hall–Kier alpha value is -1.75. The molecule has 7 heteroatoms. The van der Waals surface area contributed by atoms with Crippen molar-refractivity contribution in [3.63, 3.8) is 0 Å². The number of nitriles is 1. The Morgan fingerprint density at radius 2 is 2.00 bits per heavy atom. The van der Waals surface area contributed by atoms with Crippen molar-refractivity contribution >= 4 is 5.82 Å². The molecular formula is C15H22N6O. The van der Waals surface area contributed by atoms with Gasteiger partial charge in [-0.2, -0.15) is 5.26 Å². The van der Waals surface area contributed by atoms with E-state index < -0.39 is 0 Å². The van der Waals surface area contributed by atoms with E-state index in [1.165, 1.54) is 6.20 Å². The van der Waals surface area contributed by atoms with Gasteiger partial charge in [0.15, 0.2) is 5.69 Å². The minimum Gasteiger partial charge on any atom is -0.379 e. The fourth-order valence-corrected chi connectivity index (χ4v) is 2.93. The molecule has 7 nitrogen and oxygen atoms in total. The molecule has 0 saturated carbocycles. The maximum Gasteiger partial charge on any atom is 0.158 e. The summed E-state index contributed by atoms with van der Waals surface area (Å²) in [6, 6.07) is 2.39. The van der Waals surface area contributed by atoms with E-state index in [1.54, 1.807) is 6.20 Å². The van der Waals surface area contributed by atoms with E-state index in [-0.39, 0.29) is 0 Å². The van der Waals surface area contributed by atoms with Crippen molar-refractivity contribution in [2.24, 2.45) is 0 Å². The van der Waals surface area contributed by atoms with Crippen molar-refractivity contribution < 1.29 is 4.74 Å². The molecule has 0 amide bonds. The highest BCUT2D eigenvalue weighted by Gasteiger charge is 2.23. The standard InChI is InChI=1S/C15H22N6O/c16-9-14-10-18-15(11-17-14)19-13-1-2-21(12-13)4-3-20-5-7-22-8-6-20/h10-11,13H,1-8,12H2,(H,18,19). The van der Waals surface area contributed by atoms with Crippen molar-refractivity contribution in [2.75, 3.05) is 57.8 Å². The fraction of sp³-hybridized carbons (Fsp3) is 0.667. The van der Waals surface area contributed by atoms with Crippen LogP contribution in [0.15, 0.2) is 12.4 Å². The number of anilines is 1. The molecule has 1 atom stereocenters. The predicted molar refractivity (Wildman–Crippen MR) is 82.5 cm³/mol. The molecule has 1 aromatic heterocycles. The summed E-state index contributed by atoms with van der Waals surface area (Å²) in [6.07, 6.45) is 4.26. The molecule has 1 aromatic rings. The molecule has 2 saturated heterocycles. The highest BCUT2D eigenvalue weighted by molar-refractivity contribution is 5.34. The highest BCUT2D eigenvalue weighted by Crippen LogP contribution is 2.14. The van der Waals surface area contributed by atoms with Crippen molar-refractivity contribution in [3.05, 3.63) is 18.1 Å². The minimum absolute atomic E-state index is 0.351. The number of ether oxygens (including phenoxy) is 1. The zero-order valence-corrected chi connectivity index (χ0v) is 12.7. The van der Waals surface area contributed by atoms with Gasteiger partial charge in [-0.05, 0) is 6.42 Å². The lowest BCUT2D eigenvalue weighted by molar-refractivity contribution is 0.0344. The lowest BCUT2D eigenvalue weighted by Gasteiger charge is -2.28. The summed E-state index contributed by atoms with van der Waals surface area (Å²) in [4.78, 5) is 13.2. The molecule has 2 aliphatic rings. The molecule has 22 heavy (non-hydrogen) atoms. The second kappa shape index (κ2) is 7.49. The highest BCUT2D eigenvalue weighted by atomic mass is 16.5. The van der Waals surface area contributed by atoms with Crippen LogP contribution in [-0.4, -0.2) is 78.3 Å². The summed E-state index contributed by atoms with van der Waals surface area (Å²) in [5.74, 6) is 0.749. The minimum atomic E-state index is 0.351. The van der Waals surface area contributed by atoms with Gasteiger partial charge < -0.3 is 10.1 Å². The number of hydrogen-bond acceptors (Lipinski definition) is 7. The topological polar surface area (TPSA) is 77.3 Å². The van der Waals surface area contributed by atoms with Gasteiger partial charge >= 0.3 is 0 Å². The van der Waals surface area contributed by atoms with Crippen LogP contribution in [0, 0.1) is 11.3 Å². The third kappa shape index (κ3) is 4.13. The third-order valence-electron chi connectivity index (χ3n) is 4.23. The van der Waals surface area contributed by atoms with Gasteiger partial charge in [-0.15, -0.1) is 0 Å². The molecule has 2 fully saturated rings. The number of nitrogens with one attached hydrogen (secondary N) is 1. The molecule has 2 aliphatic heterocycles. The lowest BCUT2D eigenvalue weighted by Crippen LogP contribution is -2.41. The number of rotatable bonds is 5. The number of aromatic nitrogens is 2. The monoisotopic (exact) mass is 302 g/mol. The smallest absolute Gasteiger partial charge is 0.158 e. The summed E-state index contributed by atoms with van der Waals surface area (Å²) < 4.78 is 5.37. The Morgan fingerprint density at radius 3 is 2.73 bits per heavy atom. The van der Waals surface area contributed by atoms with Crippen LogP contribution in [0.4, 0.5) is 5.82 Å². The first kappa shape index (κ1) is 15.2. The summed E-state index contributed by atoms with van der Waals surface area (Å²) >= 11 is 0. The average Bonchev–Trinajstić information content (AvgIpc) is 3.02. The van der Waals surface area contributed by atoms with Gasteiger partial charge in [-0.3, -0.25) is 9.80 Å². The zero-order valence-electron chi connectivity index (χ0n) is 12.7. The molecule has 0 aromatic carbocycles. The zero-order chi connectivity index (χ0) is 15.2. The average molecular weight is 302 g/mol. The third-order valence-corrected chi connectivity index (χ3v) is 4.23. The van der Waals surface area contributed by atoms with E-state index in [9.17, 15) is 0 Å². The normalized spacial score (nSPS) is 23.3. The lowest BCUT2D eigenvalue weighted by atomic mass is 10.2. The maximum atomic E-state index is 8.72. The summed E-state index contributed by atoms with van der Waals surface area (Å²) in [5, 5.41) is 12.1. The predicted octanol–water partition coefficient (Wildman–Crippen LogP) is 0.167. The van der Waals surface area contributed by atoms with E-state index in [1.807, 2.05) is 6.07 Å². The van der Waals surface area contributed by atoms with Crippen LogP contribution >= 0.6 is 0 Å². The van der Waals surface area contributed by atoms with Gasteiger partial charge in [-0.25, -0.2) is 9.97 Å². The number of nitrogens with zero attached hydrogens (tertiary/aromatic N) is 5. The van der Waals surface area contributed by atoms with Gasteiger partial charge in [0, 0.05) is 45.3 Å². The van der Waals surface area contributed by atoms with Gasteiger partial charge in [0.1, 0.15) is 11.9 Å². The van der Waals surface area contributed by atoms with Crippen molar-refractivity contribution in [3.8, 4) is 6.07 Å². The van der Waals surface area contributed by atoms with Crippen LogP contribution in [0.5, 0.6) is 0 Å². The molecule has 0 bridgehead atoms. The van der Waals surface area contributed by atoms with Crippen LogP contribution < -0.4 is 5.32 Å². The summed E-state index contributed by atoms with van der Waals surface area (Å²) in [5.41, 5.74) is 0.351. The fourth-order valence-electron chi connectivity index (χ4n) is 2.93. The van der Waals surface area contributed by atoms with E-state index in [4.69, 9.17) is 10.00 Å². The Bertz CT molecular complexity index is 508. The van der Waals surface area contributed by atoms with E-state index >= 15 is 0 Å². The van der Waals surface area contributed by atoms with Gasteiger partial charge in [0.2, 0.25) is 0 Å². The number of likely N-dealkylation sites (tertiary alicyclic amines) is 1. The van der Waals surface area contributed by atoms with Crippen LogP contribution in [0.3, 0.4) is 0 Å². The summed E-state index contributed by atoms with van der Waals surface area (Å²) in [7, 11) is 0.